The average Bonchev–Trinajstić information content (AvgIpc) is 2.70. The molecule has 3 aromatic rings. The van der Waals surface area contributed by atoms with Crippen molar-refractivity contribution < 1.29 is 13.9 Å². The molecule has 4 nitrogen and oxygen atoms in total. The van der Waals surface area contributed by atoms with Crippen LogP contribution in [0.25, 0.3) is 0 Å². The summed E-state index contributed by atoms with van der Waals surface area (Å²) < 4.78 is 19.8. The van der Waals surface area contributed by atoms with Crippen LogP contribution < -0.4 is 10.2 Å². The van der Waals surface area contributed by atoms with Crippen LogP contribution in [0.1, 0.15) is 16.7 Å². The summed E-state index contributed by atoms with van der Waals surface area (Å²) in [6, 6.07) is 18.7. The van der Waals surface area contributed by atoms with Gasteiger partial charge < -0.3 is 4.74 Å². The Morgan fingerprint density at radius 3 is 2.48 bits per heavy atom. The van der Waals surface area contributed by atoms with Crippen LogP contribution in [0.15, 0.2) is 76.3 Å². The summed E-state index contributed by atoms with van der Waals surface area (Å²) in [5, 5.41) is 4.52. The first-order chi connectivity index (χ1) is 14.0. The largest absolute Gasteiger partial charge is 0.488 e. The molecule has 0 aliphatic carbocycles. The number of nitrogens with one attached hydrogen (secondary N) is 1. The third-order valence-electron chi connectivity index (χ3n) is 3.95. The van der Waals surface area contributed by atoms with E-state index in [2.05, 4.69) is 26.5 Å². The fraction of sp³-hybridized carbons (Fsp3) is 0.0909. The molecular formula is C22H17BrClFN2O2. The summed E-state index contributed by atoms with van der Waals surface area (Å²) in [6.45, 7) is 0.263. The number of hydrogen-bond donors (Lipinski definition) is 1. The van der Waals surface area contributed by atoms with Crippen LogP contribution in [0.3, 0.4) is 0 Å². The lowest BCUT2D eigenvalue weighted by atomic mass is 10.1. The van der Waals surface area contributed by atoms with Crippen LogP contribution in [0.5, 0.6) is 5.75 Å². The molecule has 7 heteroatoms. The summed E-state index contributed by atoms with van der Waals surface area (Å²) in [5.41, 5.74) is 4.82. The van der Waals surface area contributed by atoms with Gasteiger partial charge in [0.15, 0.2) is 0 Å². The van der Waals surface area contributed by atoms with E-state index in [4.69, 9.17) is 16.3 Å². The van der Waals surface area contributed by atoms with Gasteiger partial charge in [-0.05, 0) is 53.6 Å². The first-order valence-electron chi connectivity index (χ1n) is 8.73. The zero-order valence-corrected chi connectivity index (χ0v) is 17.6. The van der Waals surface area contributed by atoms with Crippen molar-refractivity contribution in [2.75, 3.05) is 0 Å². The molecule has 3 rings (SSSR count). The van der Waals surface area contributed by atoms with Crippen LogP contribution >= 0.6 is 27.5 Å². The van der Waals surface area contributed by atoms with E-state index in [-0.39, 0.29) is 24.8 Å². The first-order valence-corrected chi connectivity index (χ1v) is 9.90. The second kappa shape index (κ2) is 10.2. The molecule has 3 aromatic carbocycles. The number of benzene rings is 3. The Morgan fingerprint density at radius 1 is 1.07 bits per heavy atom. The summed E-state index contributed by atoms with van der Waals surface area (Å²) in [4.78, 5) is 12.1. The molecule has 0 unspecified atom stereocenters. The molecule has 0 saturated heterocycles. The Hall–Kier alpha value is -2.70. The van der Waals surface area contributed by atoms with Crippen LogP contribution in [0.4, 0.5) is 4.39 Å². The monoisotopic (exact) mass is 474 g/mol. The van der Waals surface area contributed by atoms with E-state index in [0.717, 1.165) is 15.6 Å². The van der Waals surface area contributed by atoms with Crippen molar-refractivity contribution in [1.82, 2.24) is 5.43 Å². The van der Waals surface area contributed by atoms with Gasteiger partial charge in [-0.2, -0.15) is 5.10 Å². The Balaban J connectivity index is 1.61. The molecule has 0 aliphatic rings. The van der Waals surface area contributed by atoms with Gasteiger partial charge in [-0.15, -0.1) is 0 Å². The topological polar surface area (TPSA) is 50.7 Å². The molecule has 0 radical (unpaired) electrons. The van der Waals surface area contributed by atoms with E-state index in [1.54, 1.807) is 30.3 Å². The molecule has 1 amide bonds. The van der Waals surface area contributed by atoms with Gasteiger partial charge in [-0.1, -0.05) is 51.8 Å². The van der Waals surface area contributed by atoms with Crippen molar-refractivity contribution in [2.45, 2.75) is 13.0 Å². The highest BCUT2D eigenvalue weighted by Crippen LogP contribution is 2.22. The molecule has 0 spiro atoms. The predicted octanol–water partition coefficient (Wildman–Crippen LogP) is 5.51. The molecule has 0 atom stereocenters. The number of carbonyl (C=O) groups excluding carboxylic acids is 1. The lowest BCUT2D eigenvalue weighted by molar-refractivity contribution is -0.120. The van der Waals surface area contributed by atoms with Crippen molar-refractivity contribution in [2.24, 2.45) is 5.10 Å². The van der Waals surface area contributed by atoms with Gasteiger partial charge in [-0.3, -0.25) is 4.79 Å². The highest BCUT2D eigenvalue weighted by molar-refractivity contribution is 9.10. The summed E-state index contributed by atoms with van der Waals surface area (Å²) >= 11 is 9.42. The summed E-state index contributed by atoms with van der Waals surface area (Å²) in [7, 11) is 0. The van der Waals surface area contributed by atoms with Crippen molar-refractivity contribution in [3.8, 4) is 5.75 Å². The number of carbonyl (C=O) groups is 1. The van der Waals surface area contributed by atoms with Gasteiger partial charge in [0, 0.05) is 15.1 Å². The van der Waals surface area contributed by atoms with Crippen LogP contribution in [0, 0.1) is 5.82 Å². The molecule has 1 N–H and O–H groups in total. The Morgan fingerprint density at radius 2 is 1.76 bits per heavy atom. The minimum absolute atomic E-state index is 0.216. The number of ether oxygens (including phenoxy) is 1. The molecule has 0 bridgehead atoms. The molecule has 29 heavy (non-hydrogen) atoms. The number of hydrazone groups is 1. The van der Waals surface area contributed by atoms with E-state index in [1.165, 1.54) is 18.3 Å². The number of nitrogens with zero attached hydrogens (tertiary/aromatic N) is 1. The third kappa shape index (κ3) is 6.69. The summed E-state index contributed by atoms with van der Waals surface area (Å²) in [6.07, 6.45) is 1.69. The summed E-state index contributed by atoms with van der Waals surface area (Å²) in [5.74, 6) is 0.0101. The predicted molar refractivity (Wildman–Crippen MR) is 116 cm³/mol. The zero-order chi connectivity index (χ0) is 20.6. The number of rotatable bonds is 7. The Kier molecular flexibility index (Phi) is 7.38. The number of halogens is 3. The molecular weight excluding hydrogens is 459 g/mol. The number of hydrogen-bond acceptors (Lipinski definition) is 3. The number of amides is 1. The Bertz CT molecular complexity index is 1010. The zero-order valence-electron chi connectivity index (χ0n) is 15.2. The van der Waals surface area contributed by atoms with Crippen molar-refractivity contribution >= 4 is 39.7 Å². The van der Waals surface area contributed by atoms with Crippen LogP contribution in [0.2, 0.25) is 5.02 Å². The van der Waals surface area contributed by atoms with Gasteiger partial charge in [0.1, 0.15) is 18.2 Å². The standard InChI is InChI=1S/C22H17BrClFN2O2/c23-18-5-1-15(2-6-18)11-22(28)27-26-13-17-12-19(24)7-10-21(17)29-14-16-3-8-20(25)9-4-16/h1-10,12-13H,11,14H2,(H,27,28)/b26-13-. The Labute approximate surface area is 181 Å². The second-order valence-electron chi connectivity index (χ2n) is 6.19. The molecule has 0 fully saturated rings. The fourth-order valence-corrected chi connectivity index (χ4v) is 2.94. The lowest BCUT2D eigenvalue weighted by Gasteiger charge is -2.10. The van der Waals surface area contributed by atoms with Crippen LogP contribution in [-0.4, -0.2) is 12.1 Å². The van der Waals surface area contributed by atoms with Crippen LogP contribution in [-0.2, 0) is 17.8 Å². The van der Waals surface area contributed by atoms with E-state index in [0.29, 0.717) is 16.3 Å². The molecule has 0 saturated carbocycles. The highest BCUT2D eigenvalue weighted by atomic mass is 79.9. The van der Waals surface area contributed by atoms with Gasteiger partial charge in [0.2, 0.25) is 5.91 Å². The third-order valence-corrected chi connectivity index (χ3v) is 4.71. The normalized spacial score (nSPS) is 10.9. The van der Waals surface area contributed by atoms with Crippen molar-refractivity contribution in [3.63, 3.8) is 0 Å². The second-order valence-corrected chi connectivity index (χ2v) is 7.55. The van der Waals surface area contributed by atoms with Crippen molar-refractivity contribution in [1.29, 1.82) is 0 Å². The molecule has 148 valence electrons. The van der Waals surface area contributed by atoms with Gasteiger partial charge in [0.05, 0.1) is 12.6 Å². The fourth-order valence-electron chi connectivity index (χ4n) is 2.49. The quantitative estimate of drug-likeness (QED) is 0.362. The smallest absolute Gasteiger partial charge is 0.244 e. The lowest BCUT2D eigenvalue weighted by Crippen LogP contribution is -2.19. The molecule has 0 aromatic heterocycles. The van der Waals surface area contributed by atoms with E-state index >= 15 is 0 Å². The van der Waals surface area contributed by atoms with Gasteiger partial charge in [-0.25, -0.2) is 9.82 Å². The van der Waals surface area contributed by atoms with E-state index in [1.807, 2.05) is 24.3 Å². The van der Waals surface area contributed by atoms with E-state index < -0.39 is 0 Å². The maximum absolute atomic E-state index is 13.0. The maximum atomic E-state index is 13.0. The minimum Gasteiger partial charge on any atom is -0.488 e. The van der Waals surface area contributed by atoms with Gasteiger partial charge in [0.25, 0.3) is 0 Å². The first kappa shape index (κ1) is 21.0. The maximum Gasteiger partial charge on any atom is 0.244 e. The SMILES string of the molecule is O=C(Cc1ccc(Br)cc1)N/N=C\c1cc(Cl)ccc1OCc1ccc(F)cc1. The van der Waals surface area contributed by atoms with Gasteiger partial charge >= 0.3 is 0 Å². The molecule has 0 heterocycles. The van der Waals surface area contributed by atoms with Crippen molar-refractivity contribution in [3.05, 3.63) is 98.7 Å². The highest BCUT2D eigenvalue weighted by Gasteiger charge is 2.06. The minimum atomic E-state index is -0.299. The molecule has 0 aliphatic heterocycles. The van der Waals surface area contributed by atoms with E-state index in [9.17, 15) is 9.18 Å². The average molecular weight is 476 g/mol.